The second-order valence-electron chi connectivity index (χ2n) is 4.00. The van der Waals surface area contributed by atoms with Crippen LogP contribution in [-0.4, -0.2) is 23.8 Å². The number of carbonyl (C=O) groups is 4. The van der Waals surface area contributed by atoms with Gasteiger partial charge < -0.3 is 4.74 Å². The van der Waals surface area contributed by atoms with Crippen LogP contribution in [0.15, 0.2) is 18.2 Å². The van der Waals surface area contributed by atoms with Gasteiger partial charge in [-0.25, -0.2) is 14.5 Å². The van der Waals surface area contributed by atoms with Gasteiger partial charge in [0.15, 0.2) is 0 Å². The van der Waals surface area contributed by atoms with E-state index >= 15 is 0 Å². The van der Waals surface area contributed by atoms with Crippen molar-refractivity contribution in [2.45, 2.75) is 12.8 Å². The molecule has 0 atom stereocenters. The standard InChI is InChI=1S/C12H7NO5/c14-8-4-5-9(15)13(8)7-3-1-2-6-10(7)12(17)18-11(6)16/h1-3H,4-5H2. The van der Waals surface area contributed by atoms with Crippen LogP contribution in [0.25, 0.3) is 0 Å². The van der Waals surface area contributed by atoms with E-state index in [2.05, 4.69) is 4.74 Å². The third-order valence-corrected chi connectivity index (χ3v) is 2.94. The third-order valence-electron chi connectivity index (χ3n) is 2.94. The van der Waals surface area contributed by atoms with Crippen molar-refractivity contribution in [3.05, 3.63) is 29.3 Å². The molecule has 0 bridgehead atoms. The fourth-order valence-corrected chi connectivity index (χ4v) is 2.15. The van der Waals surface area contributed by atoms with Crippen molar-refractivity contribution in [1.29, 1.82) is 0 Å². The van der Waals surface area contributed by atoms with Crippen molar-refractivity contribution in [2.75, 3.05) is 4.90 Å². The molecule has 0 spiro atoms. The van der Waals surface area contributed by atoms with Crippen LogP contribution in [0.5, 0.6) is 0 Å². The van der Waals surface area contributed by atoms with Gasteiger partial charge in [0.05, 0.1) is 16.8 Å². The first-order valence-corrected chi connectivity index (χ1v) is 5.35. The minimum Gasteiger partial charge on any atom is -0.386 e. The van der Waals surface area contributed by atoms with Gasteiger partial charge >= 0.3 is 11.9 Å². The number of rotatable bonds is 1. The van der Waals surface area contributed by atoms with E-state index in [0.717, 1.165) is 4.90 Å². The molecule has 6 nitrogen and oxygen atoms in total. The Kier molecular flexibility index (Phi) is 2.07. The van der Waals surface area contributed by atoms with E-state index in [-0.39, 0.29) is 41.5 Å². The van der Waals surface area contributed by atoms with Gasteiger partial charge in [-0.05, 0) is 12.1 Å². The summed E-state index contributed by atoms with van der Waals surface area (Å²) in [5.74, 6) is -2.32. The molecule has 18 heavy (non-hydrogen) atoms. The zero-order valence-electron chi connectivity index (χ0n) is 9.13. The number of amides is 2. The number of esters is 2. The lowest BCUT2D eigenvalue weighted by Gasteiger charge is -2.15. The molecule has 2 aliphatic rings. The number of fused-ring (bicyclic) bond motifs is 1. The molecule has 2 amide bonds. The van der Waals surface area contributed by atoms with Gasteiger partial charge in [-0.3, -0.25) is 9.59 Å². The Morgan fingerprint density at radius 1 is 0.944 bits per heavy atom. The Morgan fingerprint density at radius 3 is 2.28 bits per heavy atom. The highest BCUT2D eigenvalue weighted by atomic mass is 16.6. The van der Waals surface area contributed by atoms with Crippen LogP contribution in [0.2, 0.25) is 0 Å². The fraction of sp³-hybridized carbons (Fsp3) is 0.167. The molecule has 0 aliphatic carbocycles. The third kappa shape index (κ3) is 1.29. The van der Waals surface area contributed by atoms with Crippen molar-refractivity contribution in [1.82, 2.24) is 0 Å². The van der Waals surface area contributed by atoms with E-state index in [1.165, 1.54) is 18.2 Å². The molecule has 0 radical (unpaired) electrons. The Hall–Kier alpha value is -2.50. The fourth-order valence-electron chi connectivity index (χ4n) is 2.15. The van der Waals surface area contributed by atoms with Crippen LogP contribution in [-0.2, 0) is 14.3 Å². The highest BCUT2D eigenvalue weighted by molar-refractivity contribution is 6.25. The minimum atomic E-state index is -0.821. The molecular weight excluding hydrogens is 238 g/mol. The number of ether oxygens (including phenoxy) is 1. The summed E-state index contributed by atoms with van der Waals surface area (Å²) in [6.45, 7) is 0. The summed E-state index contributed by atoms with van der Waals surface area (Å²) >= 11 is 0. The summed E-state index contributed by atoms with van der Waals surface area (Å²) in [7, 11) is 0. The van der Waals surface area contributed by atoms with Crippen molar-refractivity contribution in [2.24, 2.45) is 0 Å². The molecule has 1 aromatic rings. The van der Waals surface area contributed by atoms with Crippen LogP contribution in [0.1, 0.15) is 33.6 Å². The maximum Gasteiger partial charge on any atom is 0.349 e. The van der Waals surface area contributed by atoms with Gasteiger partial charge in [-0.1, -0.05) is 6.07 Å². The molecule has 1 aromatic carbocycles. The predicted octanol–water partition coefficient (Wildman–Crippen LogP) is 0.651. The largest absolute Gasteiger partial charge is 0.386 e. The van der Waals surface area contributed by atoms with Gasteiger partial charge in [-0.15, -0.1) is 0 Å². The van der Waals surface area contributed by atoms with Crippen molar-refractivity contribution >= 4 is 29.4 Å². The number of carbonyl (C=O) groups excluding carboxylic acids is 4. The SMILES string of the molecule is O=C1OC(=O)c2c1cccc2N1C(=O)CCC1=O. The van der Waals surface area contributed by atoms with Gasteiger partial charge in [0, 0.05) is 12.8 Å². The van der Waals surface area contributed by atoms with Crippen molar-refractivity contribution in [3.63, 3.8) is 0 Å². The van der Waals surface area contributed by atoms with Gasteiger partial charge in [0.25, 0.3) is 0 Å². The normalized spacial score (nSPS) is 18.3. The minimum absolute atomic E-state index is 0.00824. The number of imide groups is 1. The molecule has 90 valence electrons. The molecule has 0 unspecified atom stereocenters. The lowest BCUT2D eigenvalue weighted by molar-refractivity contribution is -0.121. The van der Waals surface area contributed by atoms with E-state index in [0.29, 0.717) is 0 Å². The van der Waals surface area contributed by atoms with Crippen molar-refractivity contribution < 1.29 is 23.9 Å². The van der Waals surface area contributed by atoms with Crippen molar-refractivity contribution in [3.8, 4) is 0 Å². The number of nitrogens with zero attached hydrogens (tertiary/aromatic N) is 1. The molecule has 1 fully saturated rings. The van der Waals surface area contributed by atoms with Crippen LogP contribution in [0.4, 0.5) is 5.69 Å². The summed E-state index contributed by atoms with van der Waals surface area (Å²) in [5, 5.41) is 0. The maximum atomic E-state index is 11.6. The first-order valence-electron chi connectivity index (χ1n) is 5.35. The molecule has 0 aromatic heterocycles. The maximum absolute atomic E-state index is 11.6. The molecule has 3 rings (SSSR count). The summed E-state index contributed by atoms with van der Waals surface area (Å²) in [5.41, 5.74) is 0.215. The number of anilines is 1. The highest BCUT2D eigenvalue weighted by Gasteiger charge is 2.38. The zero-order chi connectivity index (χ0) is 12.9. The predicted molar refractivity (Wildman–Crippen MR) is 57.9 cm³/mol. The monoisotopic (exact) mass is 245 g/mol. The highest BCUT2D eigenvalue weighted by Crippen LogP contribution is 2.32. The summed E-state index contributed by atoms with van der Waals surface area (Å²) in [6.07, 6.45) is 0.233. The smallest absolute Gasteiger partial charge is 0.349 e. The lowest BCUT2D eigenvalue weighted by Crippen LogP contribution is -2.30. The second kappa shape index (κ2) is 3.49. The number of hydrogen-bond donors (Lipinski definition) is 0. The topological polar surface area (TPSA) is 80.8 Å². The molecule has 1 saturated heterocycles. The Labute approximate surface area is 101 Å². The Bertz CT molecular complexity index is 603. The van der Waals surface area contributed by atoms with E-state index in [9.17, 15) is 19.2 Å². The Morgan fingerprint density at radius 2 is 1.61 bits per heavy atom. The Balaban J connectivity index is 2.20. The molecule has 2 aliphatic heterocycles. The van der Waals surface area contributed by atoms with Crippen LogP contribution >= 0.6 is 0 Å². The first-order chi connectivity index (χ1) is 8.59. The average Bonchev–Trinajstić information content (AvgIpc) is 2.81. The van der Waals surface area contributed by atoms with Gasteiger partial charge in [0.1, 0.15) is 0 Å². The zero-order valence-corrected chi connectivity index (χ0v) is 9.13. The first kappa shape index (κ1) is 10.6. The molecule has 0 saturated carbocycles. The number of hydrogen-bond acceptors (Lipinski definition) is 5. The quantitative estimate of drug-likeness (QED) is 0.412. The number of benzene rings is 1. The molecule has 6 heteroatoms. The molecule has 0 N–H and O–H groups in total. The average molecular weight is 245 g/mol. The summed E-state index contributed by atoms with van der Waals surface area (Å²) in [6, 6.07) is 4.39. The summed E-state index contributed by atoms with van der Waals surface area (Å²) < 4.78 is 4.48. The summed E-state index contributed by atoms with van der Waals surface area (Å²) in [4.78, 5) is 47.2. The van der Waals surface area contributed by atoms with Crippen LogP contribution in [0.3, 0.4) is 0 Å². The van der Waals surface area contributed by atoms with Crippen LogP contribution in [0, 0.1) is 0 Å². The van der Waals surface area contributed by atoms with E-state index in [4.69, 9.17) is 0 Å². The molecular formula is C12H7NO5. The lowest BCUT2D eigenvalue weighted by atomic mass is 10.1. The van der Waals surface area contributed by atoms with E-state index in [1.807, 2.05) is 0 Å². The molecule has 2 heterocycles. The van der Waals surface area contributed by atoms with E-state index in [1.54, 1.807) is 0 Å². The number of cyclic esters (lactones) is 2. The second-order valence-corrected chi connectivity index (χ2v) is 4.00. The van der Waals surface area contributed by atoms with E-state index < -0.39 is 11.9 Å². The van der Waals surface area contributed by atoms with Crippen LogP contribution < -0.4 is 4.90 Å². The van der Waals surface area contributed by atoms with Gasteiger partial charge in [0.2, 0.25) is 11.8 Å². The van der Waals surface area contributed by atoms with Gasteiger partial charge in [-0.2, -0.15) is 0 Å².